The lowest BCUT2D eigenvalue weighted by molar-refractivity contribution is -0.141. The van der Waals surface area contributed by atoms with E-state index < -0.39 is 23.9 Å². The number of aromatic amines is 1. The minimum atomic E-state index is -4.60. The number of halogens is 3. The molecule has 1 saturated heterocycles. The van der Waals surface area contributed by atoms with Crippen molar-refractivity contribution in [2.24, 2.45) is 0 Å². The standard InChI is InChI=1S/C18H18F3N7O2S/c1-9-7-22-17(31-9)25-15-6-11(23-10(2)24-15)13-8-28(3-4-30-13)16(29)12-5-14(27-26-12)18(19,20)21/h5-7,13H,3-4,8H2,1-2H3,(H,26,27)(H,22,23,24,25)/t13-/m0/s1. The highest BCUT2D eigenvalue weighted by Crippen LogP contribution is 2.29. The average molecular weight is 453 g/mol. The van der Waals surface area contributed by atoms with Crippen LogP contribution in [0.4, 0.5) is 24.1 Å². The summed E-state index contributed by atoms with van der Waals surface area (Å²) in [5.74, 6) is 0.427. The Morgan fingerprint density at radius 3 is 2.81 bits per heavy atom. The Morgan fingerprint density at radius 1 is 1.32 bits per heavy atom. The van der Waals surface area contributed by atoms with Crippen molar-refractivity contribution >= 4 is 28.2 Å². The summed E-state index contributed by atoms with van der Waals surface area (Å²) in [6.07, 6.45) is -3.41. The fraction of sp³-hybridized carbons (Fsp3) is 0.389. The highest BCUT2D eigenvalue weighted by molar-refractivity contribution is 7.15. The Hall–Kier alpha value is -3.06. The van der Waals surface area contributed by atoms with Gasteiger partial charge in [0.05, 0.1) is 18.8 Å². The minimum Gasteiger partial charge on any atom is -0.368 e. The molecule has 0 radical (unpaired) electrons. The summed E-state index contributed by atoms with van der Waals surface area (Å²) in [7, 11) is 0. The van der Waals surface area contributed by atoms with Crippen LogP contribution in [0.1, 0.15) is 38.7 Å². The van der Waals surface area contributed by atoms with Gasteiger partial charge in [-0.25, -0.2) is 15.0 Å². The van der Waals surface area contributed by atoms with Crippen molar-refractivity contribution in [3.8, 4) is 0 Å². The monoisotopic (exact) mass is 453 g/mol. The summed E-state index contributed by atoms with van der Waals surface area (Å²) >= 11 is 1.48. The first kappa shape index (κ1) is 21.2. The molecule has 0 spiro atoms. The van der Waals surface area contributed by atoms with Crippen LogP contribution >= 0.6 is 11.3 Å². The molecule has 0 bridgehead atoms. The van der Waals surface area contributed by atoms with Gasteiger partial charge in [0.1, 0.15) is 23.4 Å². The molecule has 2 N–H and O–H groups in total. The van der Waals surface area contributed by atoms with E-state index in [9.17, 15) is 18.0 Å². The number of rotatable bonds is 4. The Kier molecular flexibility index (Phi) is 5.62. The quantitative estimate of drug-likeness (QED) is 0.624. The molecule has 0 saturated carbocycles. The van der Waals surface area contributed by atoms with Crippen LogP contribution in [-0.2, 0) is 10.9 Å². The van der Waals surface area contributed by atoms with Crippen LogP contribution in [-0.4, -0.2) is 55.7 Å². The zero-order chi connectivity index (χ0) is 22.2. The van der Waals surface area contributed by atoms with E-state index in [0.717, 1.165) is 4.88 Å². The van der Waals surface area contributed by atoms with Crippen molar-refractivity contribution in [2.45, 2.75) is 26.1 Å². The number of nitrogens with one attached hydrogen (secondary N) is 2. The maximum Gasteiger partial charge on any atom is 0.432 e. The molecule has 0 unspecified atom stereocenters. The molecule has 9 nitrogen and oxygen atoms in total. The van der Waals surface area contributed by atoms with Gasteiger partial charge in [-0.05, 0) is 13.8 Å². The number of hydrogen-bond donors (Lipinski definition) is 2. The van der Waals surface area contributed by atoms with Crippen LogP contribution in [0.3, 0.4) is 0 Å². The molecule has 31 heavy (non-hydrogen) atoms. The Bertz CT molecular complexity index is 1100. The molecule has 1 atom stereocenters. The van der Waals surface area contributed by atoms with Crippen LogP contribution in [0.5, 0.6) is 0 Å². The number of morpholine rings is 1. The van der Waals surface area contributed by atoms with Gasteiger partial charge < -0.3 is 15.0 Å². The van der Waals surface area contributed by atoms with Crippen molar-refractivity contribution in [3.63, 3.8) is 0 Å². The lowest BCUT2D eigenvalue weighted by atomic mass is 10.1. The minimum absolute atomic E-state index is 0.124. The first-order valence-corrected chi connectivity index (χ1v) is 10.1. The summed E-state index contributed by atoms with van der Waals surface area (Å²) in [6, 6.07) is 2.42. The second kappa shape index (κ2) is 8.23. The molecule has 1 aliphatic heterocycles. The van der Waals surface area contributed by atoms with Crippen LogP contribution in [0.25, 0.3) is 0 Å². The number of carbonyl (C=O) groups excluding carboxylic acids is 1. The van der Waals surface area contributed by atoms with Crippen molar-refractivity contribution in [3.05, 3.63) is 46.1 Å². The van der Waals surface area contributed by atoms with Crippen LogP contribution < -0.4 is 5.32 Å². The second-order valence-electron chi connectivity index (χ2n) is 6.90. The molecule has 4 rings (SSSR count). The van der Waals surface area contributed by atoms with Gasteiger partial charge >= 0.3 is 6.18 Å². The van der Waals surface area contributed by atoms with Crippen LogP contribution in [0, 0.1) is 13.8 Å². The molecule has 3 aromatic heterocycles. The Balaban J connectivity index is 1.50. The number of carbonyl (C=O) groups is 1. The topological polar surface area (TPSA) is 109 Å². The summed E-state index contributed by atoms with van der Waals surface area (Å²) in [4.78, 5) is 28.1. The highest BCUT2D eigenvalue weighted by Gasteiger charge is 2.35. The van der Waals surface area contributed by atoms with E-state index in [1.54, 1.807) is 19.2 Å². The number of thiazole rings is 1. The zero-order valence-electron chi connectivity index (χ0n) is 16.5. The van der Waals surface area contributed by atoms with Gasteiger partial charge in [-0.3, -0.25) is 9.89 Å². The summed E-state index contributed by atoms with van der Waals surface area (Å²) in [6.45, 7) is 4.24. The number of H-pyrrole nitrogens is 1. The van der Waals surface area contributed by atoms with Crippen molar-refractivity contribution in [2.75, 3.05) is 25.0 Å². The maximum atomic E-state index is 12.8. The highest BCUT2D eigenvalue weighted by atomic mass is 32.1. The van der Waals surface area contributed by atoms with E-state index in [0.29, 0.717) is 28.5 Å². The number of nitrogens with zero attached hydrogens (tertiary/aromatic N) is 5. The first-order valence-electron chi connectivity index (χ1n) is 9.27. The molecule has 0 aromatic carbocycles. The smallest absolute Gasteiger partial charge is 0.368 e. The fourth-order valence-electron chi connectivity index (χ4n) is 3.09. The van der Waals surface area contributed by atoms with E-state index in [4.69, 9.17) is 4.74 Å². The summed E-state index contributed by atoms with van der Waals surface area (Å²) in [5, 5.41) is 9.18. The molecule has 164 valence electrons. The number of aryl methyl sites for hydroxylation is 2. The zero-order valence-corrected chi connectivity index (χ0v) is 17.3. The molecular weight excluding hydrogens is 435 g/mol. The molecule has 1 amide bonds. The van der Waals surface area contributed by atoms with Gasteiger partial charge in [-0.15, -0.1) is 11.3 Å². The van der Waals surface area contributed by atoms with Crippen LogP contribution in [0.15, 0.2) is 18.3 Å². The summed E-state index contributed by atoms with van der Waals surface area (Å²) in [5.41, 5.74) is -0.813. The van der Waals surface area contributed by atoms with Gasteiger partial charge in [0.25, 0.3) is 5.91 Å². The fourth-order valence-corrected chi connectivity index (χ4v) is 3.76. The van der Waals surface area contributed by atoms with E-state index in [-0.39, 0.29) is 25.4 Å². The lowest BCUT2D eigenvalue weighted by Crippen LogP contribution is -2.42. The van der Waals surface area contributed by atoms with Crippen molar-refractivity contribution in [1.82, 2.24) is 30.0 Å². The largest absolute Gasteiger partial charge is 0.432 e. The normalized spacial score (nSPS) is 17.1. The molecular formula is C18H18F3N7O2S. The number of alkyl halides is 3. The van der Waals surface area contributed by atoms with Crippen molar-refractivity contribution in [1.29, 1.82) is 0 Å². The van der Waals surface area contributed by atoms with Crippen LogP contribution in [0.2, 0.25) is 0 Å². The molecule has 1 aliphatic rings. The number of anilines is 2. The average Bonchev–Trinajstić information content (AvgIpc) is 3.36. The maximum absolute atomic E-state index is 12.8. The van der Waals surface area contributed by atoms with Gasteiger partial charge in [-0.1, -0.05) is 0 Å². The lowest BCUT2D eigenvalue weighted by Gasteiger charge is -2.32. The number of ether oxygens (including phenoxy) is 1. The SMILES string of the molecule is Cc1nc(Nc2ncc(C)s2)cc([C@@H]2CN(C(=O)c3cc(C(F)(F)F)[nH]n3)CCO2)n1. The van der Waals surface area contributed by atoms with E-state index in [1.165, 1.54) is 16.2 Å². The third-order valence-electron chi connectivity index (χ3n) is 4.50. The molecule has 1 fully saturated rings. The van der Waals surface area contributed by atoms with Gasteiger partial charge in [0.2, 0.25) is 0 Å². The van der Waals surface area contributed by atoms with Crippen molar-refractivity contribution < 1.29 is 22.7 Å². The number of aromatic nitrogens is 5. The number of amides is 1. The summed E-state index contributed by atoms with van der Waals surface area (Å²) < 4.78 is 44.1. The predicted octanol–water partition coefficient (Wildman–Crippen LogP) is 3.25. The van der Waals surface area contributed by atoms with Gasteiger partial charge in [0.15, 0.2) is 10.8 Å². The second-order valence-corrected chi connectivity index (χ2v) is 8.14. The molecule has 13 heteroatoms. The predicted molar refractivity (Wildman–Crippen MR) is 105 cm³/mol. The molecule has 4 heterocycles. The van der Waals surface area contributed by atoms with E-state index >= 15 is 0 Å². The van der Waals surface area contributed by atoms with Gasteiger partial charge in [-0.2, -0.15) is 18.3 Å². The third kappa shape index (κ3) is 4.82. The van der Waals surface area contributed by atoms with E-state index in [1.807, 2.05) is 12.0 Å². The first-order chi connectivity index (χ1) is 14.7. The Labute approximate surface area is 178 Å². The number of hydrogen-bond acceptors (Lipinski definition) is 8. The molecule has 0 aliphatic carbocycles. The Morgan fingerprint density at radius 2 is 2.13 bits per heavy atom. The van der Waals surface area contributed by atoms with Gasteiger partial charge in [0, 0.05) is 29.8 Å². The van der Waals surface area contributed by atoms with E-state index in [2.05, 4.69) is 25.4 Å². The molecule has 3 aromatic rings. The third-order valence-corrected chi connectivity index (χ3v) is 5.33.